The predicted molar refractivity (Wildman–Crippen MR) is 46.9 cm³/mol. The van der Waals surface area contributed by atoms with E-state index < -0.39 is 45.1 Å². The van der Waals surface area contributed by atoms with Crippen molar-refractivity contribution in [1.29, 1.82) is 0 Å². The van der Waals surface area contributed by atoms with Crippen LogP contribution in [0.25, 0.3) is 0 Å². The molecule has 0 aliphatic carbocycles. The molecule has 1 unspecified atom stereocenters. The molecule has 1 heterocycles. The van der Waals surface area contributed by atoms with Gasteiger partial charge in [-0.15, -0.1) is 0 Å². The van der Waals surface area contributed by atoms with Crippen molar-refractivity contribution in [2.75, 3.05) is 6.61 Å². The van der Waals surface area contributed by atoms with Crippen molar-refractivity contribution in [2.24, 2.45) is 0 Å². The summed E-state index contributed by atoms with van der Waals surface area (Å²) in [5.74, 6) is 0. The fourth-order valence-electron chi connectivity index (χ4n) is 1.24. The maximum atomic E-state index is 10.4. The molecule has 1 aliphatic heterocycles. The molecule has 0 aromatic rings. The van der Waals surface area contributed by atoms with Crippen molar-refractivity contribution in [2.45, 2.75) is 30.7 Å². The Hall–Kier alpha value is -0.0900. The normalized spacial score (nSPS) is 41.0. The lowest BCUT2D eigenvalue weighted by atomic mass is 10.00. The standard InChI is InChI=1S/C6H13O9P/c7-3-2(1-14-16(11,12)13)15-6(10)5(9)4(3)8/h2-10H,1H2,(H2,11,12,13)/t2-,3+,4-,5-,6?/m1/s1. The molecule has 6 N–H and O–H groups in total. The highest BCUT2D eigenvalue weighted by molar-refractivity contribution is 7.46. The third-order valence-electron chi connectivity index (χ3n) is 2.09. The van der Waals surface area contributed by atoms with Crippen molar-refractivity contribution in [3.8, 4) is 0 Å². The third-order valence-corrected chi connectivity index (χ3v) is 2.58. The van der Waals surface area contributed by atoms with Crippen LogP contribution in [-0.4, -0.2) is 67.5 Å². The Morgan fingerprint density at radius 1 is 1.06 bits per heavy atom. The molecule has 9 nitrogen and oxygen atoms in total. The van der Waals surface area contributed by atoms with Crippen LogP contribution < -0.4 is 0 Å². The Kier molecular flexibility index (Phi) is 4.41. The summed E-state index contributed by atoms with van der Waals surface area (Å²) < 4.78 is 19.0. The Balaban J connectivity index is 2.57. The Morgan fingerprint density at radius 3 is 2.12 bits per heavy atom. The van der Waals surface area contributed by atoms with Gasteiger partial charge in [-0.3, -0.25) is 4.52 Å². The van der Waals surface area contributed by atoms with Gasteiger partial charge in [0, 0.05) is 0 Å². The first-order valence-electron chi connectivity index (χ1n) is 4.30. The second-order valence-electron chi connectivity index (χ2n) is 3.32. The summed E-state index contributed by atoms with van der Waals surface area (Å²) in [5.41, 5.74) is 0. The molecule has 0 aromatic heterocycles. The number of rotatable bonds is 3. The summed E-state index contributed by atoms with van der Waals surface area (Å²) in [6.07, 6.45) is -8.11. The van der Waals surface area contributed by atoms with Gasteiger partial charge in [-0.2, -0.15) is 0 Å². The van der Waals surface area contributed by atoms with Crippen molar-refractivity contribution >= 4 is 7.82 Å². The van der Waals surface area contributed by atoms with E-state index in [1.54, 1.807) is 0 Å². The molecule has 96 valence electrons. The van der Waals surface area contributed by atoms with E-state index in [9.17, 15) is 14.8 Å². The molecule has 10 heteroatoms. The van der Waals surface area contributed by atoms with Crippen LogP contribution in [0.4, 0.5) is 0 Å². The Labute approximate surface area is 90.1 Å². The maximum absolute atomic E-state index is 10.4. The third kappa shape index (κ3) is 3.45. The molecule has 0 radical (unpaired) electrons. The Morgan fingerprint density at radius 2 is 1.62 bits per heavy atom. The van der Waals surface area contributed by atoms with Gasteiger partial charge in [0.2, 0.25) is 0 Å². The van der Waals surface area contributed by atoms with E-state index in [1.807, 2.05) is 0 Å². The minimum absolute atomic E-state index is 0.730. The van der Waals surface area contributed by atoms with E-state index in [0.717, 1.165) is 0 Å². The summed E-state index contributed by atoms with van der Waals surface area (Å²) in [4.78, 5) is 16.8. The fourth-order valence-corrected chi connectivity index (χ4v) is 1.58. The molecule has 16 heavy (non-hydrogen) atoms. The second-order valence-corrected chi connectivity index (χ2v) is 4.56. The average Bonchev–Trinajstić information content (AvgIpc) is 2.17. The predicted octanol–water partition coefficient (Wildman–Crippen LogP) is -3.10. The van der Waals surface area contributed by atoms with E-state index in [0.29, 0.717) is 0 Å². The Bertz CT molecular complexity index is 277. The molecule has 1 aliphatic rings. The fraction of sp³-hybridized carbons (Fsp3) is 1.00. The quantitative estimate of drug-likeness (QED) is 0.289. The van der Waals surface area contributed by atoms with Crippen LogP contribution in [0.3, 0.4) is 0 Å². The van der Waals surface area contributed by atoms with Crippen molar-refractivity contribution in [3.05, 3.63) is 0 Å². The van der Waals surface area contributed by atoms with Crippen molar-refractivity contribution in [3.63, 3.8) is 0 Å². The molecular formula is C6H13O9P. The van der Waals surface area contributed by atoms with E-state index in [4.69, 9.17) is 20.0 Å². The molecule has 1 fully saturated rings. The summed E-state index contributed by atoms with van der Waals surface area (Å²) in [7, 11) is -4.73. The molecule has 0 amide bonds. The highest BCUT2D eigenvalue weighted by Crippen LogP contribution is 2.36. The molecule has 5 atom stereocenters. The zero-order valence-electron chi connectivity index (χ0n) is 7.95. The lowest BCUT2D eigenvalue weighted by molar-refractivity contribution is -0.285. The molecular weight excluding hydrogens is 247 g/mol. The van der Waals surface area contributed by atoms with Gasteiger partial charge in [0.05, 0.1) is 6.61 Å². The first kappa shape index (κ1) is 14.0. The summed E-state index contributed by atoms with van der Waals surface area (Å²) in [6.45, 7) is -0.730. The topological polar surface area (TPSA) is 157 Å². The van der Waals surface area contributed by atoms with Crippen LogP contribution in [0.15, 0.2) is 0 Å². The first-order valence-corrected chi connectivity index (χ1v) is 5.83. The van der Waals surface area contributed by atoms with Gasteiger partial charge in [0.15, 0.2) is 6.29 Å². The zero-order chi connectivity index (χ0) is 12.5. The summed E-state index contributed by atoms with van der Waals surface area (Å²) in [6, 6.07) is 0. The van der Waals surface area contributed by atoms with Gasteiger partial charge < -0.3 is 34.9 Å². The van der Waals surface area contributed by atoms with Gasteiger partial charge in [-0.1, -0.05) is 0 Å². The molecule has 0 aromatic carbocycles. The average molecular weight is 260 g/mol. The zero-order valence-corrected chi connectivity index (χ0v) is 8.84. The maximum Gasteiger partial charge on any atom is 0.469 e. The summed E-state index contributed by atoms with van der Waals surface area (Å²) >= 11 is 0. The highest BCUT2D eigenvalue weighted by Gasteiger charge is 2.43. The molecule has 1 rings (SSSR count). The molecule has 0 saturated carbocycles. The first-order chi connectivity index (χ1) is 7.22. The SMILES string of the molecule is O=P(O)(O)OC[C@H]1OC(O)[C@H](O)[C@H](O)[C@H]1O. The number of hydrogen-bond donors (Lipinski definition) is 6. The van der Waals surface area contributed by atoms with E-state index in [2.05, 4.69) is 9.26 Å². The minimum atomic E-state index is -4.73. The van der Waals surface area contributed by atoms with Crippen LogP contribution in [0.1, 0.15) is 0 Å². The van der Waals surface area contributed by atoms with Gasteiger partial charge in [0.25, 0.3) is 0 Å². The monoisotopic (exact) mass is 260 g/mol. The van der Waals surface area contributed by atoms with E-state index >= 15 is 0 Å². The summed E-state index contributed by atoms with van der Waals surface area (Å²) in [5, 5.41) is 36.7. The van der Waals surface area contributed by atoms with Gasteiger partial charge >= 0.3 is 7.82 Å². The number of hydrogen-bond acceptors (Lipinski definition) is 7. The number of phosphoric ester groups is 1. The van der Waals surface area contributed by atoms with Crippen molar-refractivity contribution in [1.82, 2.24) is 0 Å². The van der Waals surface area contributed by atoms with Crippen molar-refractivity contribution < 1.29 is 44.0 Å². The van der Waals surface area contributed by atoms with Crippen LogP contribution in [0, 0.1) is 0 Å². The number of aliphatic hydroxyl groups is 4. The lowest BCUT2D eigenvalue weighted by Crippen LogP contribution is -2.58. The lowest BCUT2D eigenvalue weighted by Gasteiger charge is -2.38. The number of phosphoric acid groups is 1. The van der Waals surface area contributed by atoms with Crippen LogP contribution in [-0.2, 0) is 13.8 Å². The van der Waals surface area contributed by atoms with Crippen LogP contribution in [0.2, 0.25) is 0 Å². The largest absolute Gasteiger partial charge is 0.469 e. The van der Waals surface area contributed by atoms with E-state index in [-0.39, 0.29) is 0 Å². The number of ether oxygens (including phenoxy) is 1. The van der Waals surface area contributed by atoms with Crippen LogP contribution >= 0.6 is 7.82 Å². The number of aliphatic hydroxyl groups excluding tert-OH is 4. The van der Waals surface area contributed by atoms with Gasteiger partial charge in [0.1, 0.15) is 24.4 Å². The second kappa shape index (κ2) is 5.05. The van der Waals surface area contributed by atoms with Gasteiger partial charge in [-0.25, -0.2) is 4.57 Å². The minimum Gasteiger partial charge on any atom is -0.387 e. The molecule has 1 saturated heterocycles. The molecule has 0 bridgehead atoms. The highest BCUT2D eigenvalue weighted by atomic mass is 31.2. The molecule has 0 spiro atoms. The van der Waals surface area contributed by atoms with Crippen LogP contribution in [0.5, 0.6) is 0 Å². The van der Waals surface area contributed by atoms with Gasteiger partial charge in [-0.05, 0) is 0 Å². The van der Waals surface area contributed by atoms with E-state index in [1.165, 1.54) is 0 Å². The smallest absolute Gasteiger partial charge is 0.387 e.